The molecule has 0 radical (unpaired) electrons. The summed E-state index contributed by atoms with van der Waals surface area (Å²) in [7, 11) is 1.39. The number of hydrogen-bond donors (Lipinski definition) is 2. The van der Waals surface area contributed by atoms with Crippen LogP contribution in [-0.2, 0) is 0 Å². The van der Waals surface area contributed by atoms with Gasteiger partial charge in [-0.1, -0.05) is 5.16 Å². The van der Waals surface area contributed by atoms with Crippen molar-refractivity contribution in [1.29, 1.82) is 0 Å². The van der Waals surface area contributed by atoms with Gasteiger partial charge in [0, 0.05) is 17.7 Å². The second-order valence-corrected chi connectivity index (χ2v) is 3.12. The number of hydrogen-bond acceptors (Lipinski definition) is 5. The molecule has 0 bridgehead atoms. The average Bonchev–Trinajstić information content (AvgIpc) is 2.68. The van der Waals surface area contributed by atoms with Crippen LogP contribution in [0.15, 0.2) is 22.7 Å². The van der Waals surface area contributed by atoms with Crippen molar-refractivity contribution in [1.82, 2.24) is 5.16 Å². The topological polar surface area (TPSA) is 81.5 Å². The Balaban J connectivity index is 2.59. The Kier molecular flexibility index (Phi) is 2.40. The Hall–Kier alpha value is -2.24. The second kappa shape index (κ2) is 3.73. The second-order valence-electron chi connectivity index (χ2n) is 3.12. The number of aromatic nitrogens is 1. The molecule has 5 nitrogen and oxygen atoms in total. The number of phenols is 1. The number of ether oxygens (including phenoxy) is 1. The molecule has 0 fully saturated rings. The third-order valence-electron chi connectivity index (χ3n) is 2.07. The molecule has 0 aliphatic heterocycles. The van der Waals surface area contributed by atoms with Gasteiger partial charge in [0.05, 0.1) is 7.11 Å². The molecule has 0 saturated heterocycles. The standard InChI is InChI=1S/C10H9FN2O3/c1-15-9-3-6(11)8(14)2-5(9)7-4-10(12)16-13-7/h2-4,14H,12H2,1H3. The van der Waals surface area contributed by atoms with Crippen LogP contribution >= 0.6 is 0 Å². The fourth-order valence-corrected chi connectivity index (χ4v) is 1.33. The summed E-state index contributed by atoms with van der Waals surface area (Å²) in [5.41, 5.74) is 6.14. The fraction of sp³-hybridized carbons (Fsp3) is 0.100. The van der Waals surface area contributed by atoms with Gasteiger partial charge in [0.1, 0.15) is 11.4 Å². The van der Waals surface area contributed by atoms with Crippen LogP contribution in [0.4, 0.5) is 10.3 Å². The maximum atomic E-state index is 13.1. The number of benzene rings is 1. The van der Waals surface area contributed by atoms with E-state index in [1.165, 1.54) is 19.2 Å². The van der Waals surface area contributed by atoms with E-state index in [0.717, 1.165) is 6.07 Å². The molecular formula is C10H9FN2O3. The van der Waals surface area contributed by atoms with E-state index in [9.17, 15) is 9.50 Å². The molecule has 0 amide bonds. The van der Waals surface area contributed by atoms with Crippen LogP contribution in [-0.4, -0.2) is 17.4 Å². The Morgan fingerprint density at radius 2 is 2.19 bits per heavy atom. The van der Waals surface area contributed by atoms with E-state index < -0.39 is 11.6 Å². The van der Waals surface area contributed by atoms with Crippen LogP contribution in [0.2, 0.25) is 0 Å². The molecule has 2 rings (SSSR count). The molecular weight excluding hydrogens is 215 g/mol. The van der Waals surface area contributed by atoms with E-state index >= 15 is 0 Å². The lowest BCUT2D eigenvalue weighted by Crippen LogP contribution is -1.90. The number of anilines is 1. The van der Waals surface area contributed by atoms with Gasteiger partial charge in [0.15, 0.2) is 11.6 Å². The number of rotatable bonds is 2. The number of nitrogen functional groups attached to an aromatic ring is 1. The molecule has 1 heterocycles. The highest BCUT2D eigenvalue weighted by molar-refractivity contribution is 5.70. The molecule has 2 aromatic rings. The Bertz CT molecular complexity index is 525. The monoisotopic (exact) mass is 224 g/mol. The number of halogens is 1. The summed E-state index contributed by atoms with van der Waals surface area (Å²) in [4.78, 5) is 0. The SMILES string of the molecule is COc1cc(F)c(O)cc1-c1cc(N)on1. The van der Waals surface area contributed by atoms with Crippen molar-refractivity contribution in [3.8, 4) is 22.8 Å². The lowest BCUT2D eigenvalue weighted by atomic mass is 10.1. The van der Waals surface area contributed by atoms with Crippen LogP contribution in [0.25, 0.3) is 11.3 Å². The minimum atomic E-state index is -0.767. The summed E-state index contributed by atoms with van der Waals surface area (Å²) in [6.07, 6.45) is 0. The van der Waals surface area contributed by atoms with Gasteiger partial charge in [-0.15, -0.1) is 0 Å². The van der Waals surface area contributed by atoms with E-state index in [4.69, 9.17) is 10.5 Å². The summed E-state index contributed by atoms with van der Waals surface area (Å²) in [6, 6.07) is 3.72. The van der Waals surface area contributed by atoms with Gasteiger partial charge in [-0.2, -0.15) is 0 Å². The molecule has 0 aliphatic carbocycles. The highest BCUT2D eigenvalue weighted by Crippen LogP contribution is 2.34. The van der Waals surface area contributed by atoms with Crippen LogP contribution < -0.4 is 10.5 Å². The summed E-state index contributed by atoms with van der Waals surface area (Å²) in [5, 5.41) is 12.9. The molecule has 0 aliphatic rings. The highest BCUT2D eigenvalue weighted by atomic mass is 19.1. The first-order chi connectivity index (χ1) is 7.61. The van der Waals surface area contributed by atoms with Crippen LogP contribution in [0.3, 0.4) is 0 Å². The van der Waals surface area contributed by atoms with E-state index in [2.05, 4.69) is 9.68 Å². The first-order valence-corrected chi connectivity index (χ1v) is 4.41. The Morgan fingerprint density at radius 1 is 1.44 bits per heavy atom. The van der Waals surface area contributed by atoms with Crippen molar-refractivity contribution in [2.24, 2.45) is 0 Å². The van der Waals surface area contributed by atoms with Gasteiger partial charge in [0.2, 0.25) is 5.88 Å². The molecule has 6 heteroatoms. The minimum absolute atomic E-state index is 0.126. The number of aromatic hydroxyl groups is 1. The van der Waals surface area contributed by atoms with Gasteiger partial charge in [0.25, 0.3) is 0 Å². The van der Waals surface area contributed by atoms with Crippen molar-refractivity contribution in [3.05, 3.63) is 24.0 Å². The van der Waals surface area contributed by atoms with Crippen LogP contribution in [0, 0.1) is 5.82 Å². The number of phenolic OH excluding ortho intramolecular Hbond substituents is 1. The zero-order valence-corrected chi connectivity index (χ0v) is 8.40. The molecule has 1 aromatic carbocycles. The van der Waals surface area contributed by atoms with Gasteiger partial charge in [-0.3, -0.25) is 0 Å². The molecule has 84 valence electrons. The van der Waals surface area contributed by atoms with Crippen molar-refractivity contribution in [2.75, 3.05) is 12.8 Å². The van der Waals surface area contributed by atoms with Crippen LogP contribution in [0.1, 0.15) is 0 Å². The van der Waals surface area contributed by atoms with Crippen LogP contribution in [0.5, 0.6) is 11.5 Å². The molecule has 1 aromatic heterocycles. The third kappa shape index (κ3) is 1.65. The lowest BCUT2D eigenvalue weighted by Gasteiger charge is -2.06. The third-order valence-corrected chi connectivity index (χ3v) is 2.07. The predicted octanol–water partition coefficient (Wildman–Crippen LogP) is 1.78. The molecule has 0 unspecified atom stereocenters. The van der Waals surface area contributed by atoms with E-state index in [-0.39, 0.29) is 11.6 Å². The van der Waals surface area contributed by atoms with Crippen molar-refractivity contribution in [3.63, 3.8) is 0 Å². The molecule has 0 saturated carbocycles. The molecule has 0 atom stereocenters. The minimum Gasteiger partial charge on any atom is -0.505 e. The number of nitrogens with two attached hydrogens (primary N) is 1. The van der Waals surface area contributed by atoms with Crippen molar-refractivity contribution in [2.45, 2.75) is 0 Å². The maximum Gasteiger partial charge on any atom is 0.222 e. The first kappa shape index (κ1) is 10.3. The normalized spacial score (nSPS) is 10.4. The summed E-state index contributed by atoms with van der Waals surface area (Å²) in [5.74, 6) is -0.890. The average molecular weight is 224 g/mol. The zero-order chi connectivity index (χ0) is 11.7. The first-order valence-electron chi connectivity index (χ1n) is 4.41. The number of methoxy groups -OCH3 is 1. The Morgan fingerprint density at radius 3 is 2.75 bits per heavy atom. The summed E-state index contributed by atoms with van der Waals surface area (Å²) < 4.78 is 22.7. The Labute approximate surface area is 90.2 Å². The molecule has 16 heavy (non-hydrogen) atoms. The molecule has 0 spiro atoms. The van der Waals surface area contributed by atoms with E-state index in [1.807, 2.05) is 0 Å². The number of nitrogens with zero attached hydrogens (tertiary/aromatic N) is 1. The largest absolute Gasteiger partial charge is 0.505 e. The van der Waals surface area contributed by atoms with Gasteiger partial charge in [-0.25, -0.2) is 4.39 Å². The maximum absolute atomic E-state index is 13.1. The lowest BCUT2D eigenvalue weighted by molar-refractivity contribution is 0.399. The van der Waals surface area contributed by atoms with E-state index in [1.54, 1.807) is 0 Å². The van der Waals surface area contributed by atoms with Gasteiger partial charge >= 0.3 is 0 Å². The smallest absolute Gasteiger partial charge is 0.222 e. The van der Waals surface area contributed by atoms with Crippen molar-refractivity contribution >= 4 is 5.88 Å². The summed E-state index contributed by atoms with van der Waals surface area (Å²) >= 11 is 0. The van der Waals surface area contributed by atoms with Gasteiger partial charge < -0.3 is 20.1 Å². The quantitative estimate of drug-likeness (QED) is 0.812. The van der Waals surface area contributed by atoms with E-state index in [0.29, 0.717) is 11.3 Å². The molecule has 3 N–H and O–H groups in total. The van der Waals surface area contributed by atoms with Crippen molar-refractivity contribution < 1.29 is 18.8 Å². The summed E-state index contributed by atoms with van der Waals surface area (Å²) in [6.45, 7) is 0. The predicted molar refractivity (Wildman–Crippen MR) is 54.5 cm³/mol. The van der Waals surface area contributed by atoms with Gasteiger partial charge in [-0.05, 0) is 6.07 Å². The highest BCUT2D eigenvalue weighted by Gasteiger charge is 2.14. The fourth-order valence-electron chi connectivity index (χ4n) is 1.33. The zero-order valence-electron chi connectivity index (χ0n) is 8.40.